The van der Waals surface area contributed by atoms with E-state index in [1.165, 1.54) is 41.2 Å². The van der Waals surface area contributed by atoms with E-state index in [-0.39, 0.29) is 17.1 Å². The molecule has 3 rings (SSSR count). The monoisotopic (exact) mass is 402 g/mol. The van der Waals surface area contributed by atoms with Crippen molar-refractivity contribution in [2.24, 2.45) is 0 Å². The Morgan fingerprint density at radius 1 is 1.07 bits per heavy atom. The Labute approximate surface area is 166 Å². The molecule has 0 saturated carbocycles. The molecule has 0 fully saturated rings. The minimum Gasteiger partial charge on any atom is -0.435 e. The van der Waals surface area contributed by atoms with Crippen LogP contribution in [0.5, 0.6) is 5.75 Å². The second-order valence-corrected chi connectivity index (χ2v) is 8.08. The van der Waals surface area contributed by atoms with Gasteiger partial charge in [0.05, 0.1) is 5.69 Å². The van der Waals surface area contributed by atoms with Gasteiger partial charge in [-0.3, -0.25) is 10.1 Å². The lowest BCUT2D eigenvalue weighted by atomic mass is 9.86. The fourth-order valence-corrected chi connectivity index (χ4v) is 3.28. The second-order valence-electron chi connectivity index (χ2n) is 7.22. The Balaban J connectivity index is 1.68. The SMILES string of the molecule is CC(C)(C)c1ccc(-c2csc(NC(=O)c3ccc(OC(F)F)cc3)n2)cc1. The van der Waals surface area contributed by atoms with E-state index in [4.69, 9.17) is 0 Å². The van der Waals surface area contributed by atoms with Gasteiger partial charge in [-0.25, -0.2) is 4.98 Å². The molecule has 7 heteroatoms. The van der Waals surface area contributed by atoms with Crippen molar-refractivity contribution in [1.82, 2.24) is 4.98 Å². The molecule has 3 aromatic rings. The molecule has 1 aromatic heterocycles. The summed E-state index contributed by atoms with van der Waals surface area (Å²) >= 11 is 1.32. The standard InChI is InChI=1S/C21H20F2N2O2S/c1-21(2,3)15-8-4-13(5-9-15)17-12-28-20(24-17)25-18(26)14-6-10-16(11-7-14)27-19(22)23/h4-12,19H,1-3H3,(H,24,25,26). The van der Waals surface area contributed by atoms with E-state index < -0.39 is 6.61 Å². The van der Waals surface area contributed by atoms with E-state index in [9.17, 15) is 13.6 Å². The molecule has 28 heavy (non-hydrogen) atoms. The zero-order valence-corrected chi connectivity index (χ0v) is 16.5. The number of rotatable bonds is 5. The van der Waals surface area contributed by atoms with E-state index in [2.05, 4.69) is 47.9 Å². The van der Waals surface area contributed by atoms with E-state index in [1.807, 2.05) is 17.5 Å². The average Bonchev–Trinajstić information content (AvgIpc) is 3.09. The van der Waals surface area contributed by atoms with Gasteiger partial charge in [0.15, 0.2) is 5.13 Å². The number of anilines is 1. The van der Waals surface area contributed by atoms with Gasteiger partial charge in [-0.1, -0.05) is 45.0 Å². The number of carbonyl (C=O) groups is 1. The number of amides is 1. The fourth-order valence-electron chi connectivity index (χ4n) is 2.56. The third kappa shape index (κ3) is 4.92. The minimum atomic E-state index is -2.90. The molecular weight excluding hydrogens is 382 g/mol. The van der Waals surface area contributed by atoms with E-state index >= 15 is 0 Å². The highest BCUT2D eigenvalue weighted by Gasteiger charge is 2.14. The summed E-state index contributed by atoms with van der Waals surface area (Å²) in [5.74, 6) is -0.366. The number of benzene rings is 2. The summed E-state index contributed by atoms with van der Waals surface area (Å²) in [4.78, 5) is 16.8. The van der Waals surface area contributed by atoms with Crippen molar-refractivity contribution in [3.63, 3.8) is 0 Å². The number of nitrogens with one attached hydrogen (secondary N) is 1. The first-order valence-electron chi connectivity index (χ1n) is 8.65. The molecule has 0 aliphatic rings. The molecule has 0 aliphatic carbocycles. The highest BCUT2D eigenvalue weighted by atomic mass is 32.1. The van der Waals surface area contributed by atoms with Crippen LogP contribution in [-0.4, -0.2) is 17.5 Å². The molecule has 1 N–H and O–H groups in total. The van der Waals surface area contributed by atoms with Crippen molar-refractivity contribution in [3.05, 3.63) is 65.0 Å². The van der Waals surface area contributed by atoms with Crippen molar-refractivity contribution < 1.29 is 18.3 Å². The zero-order valence-electron chi connectivity index (χ0n) is 15.7. The zero-order chi connectivity index (χ0) is 20.3. The number of carbonyl (C=O) groups excluding carboxylic acids is 1. The van der Waals surface area contributed by atoms with Gasteiger partial charge in [0.25, 0.3) is 5.91 Å². The number of hydrogen-bond donors (Lipinski definition) is 1. The van der Waals surface area contributed by atoms with Crippen molar-refractivity contribution in [3.8, 4) is 17.0 Å². The summed E-state index contributed by atoms with van der Waals surface area (Å²) in [6.07, 6.45) is 0. The molecule has 1 amide bonds. The van der Waals surface area contributed by atoms with Gasteiger partial charge in [0.2, 0.25) is 0 Å². The summed E-state index contributed by atoms with van der Waals surface area (Å²) in [7, 11) is 0. The minimum absolute atomic E-state index is 0.00166. The summed E-state index contributed by atoms with van der Waals surface area (Å²) in [5.41, 5.74) is 3.39. The maximum atomic E-state index is 12.3. The molecule has 1 heterocycles. The van der Waals surface area contributed by atoms with Gasteiger partial charge in [-0.15, -0.1) is 11.3 Å². The van der Waals surface area contributed by atoms with Crippen molar-refractivity contribution in [2.75, 3.05) is 5.32 Å². The van der Waals surface area contributed by atoms with Crippen LogP contribution in [0, 0.1) is 0 Å². The fraction of sp³-hybridized carbons (Fsp3) is 0.238. The van der Waals surface area contributed by atoms with Gasteiger partial charge in [0, 0.05) is 16.5 Å². The molecule has 0 bridgehead atoms. The molecule has 4 nitrogen and oxygen atoms in total. The average molecular weight is 402 g/mol. The van der Waals surface area contributed by atoms with Gasteiger partial charge in [0.1, 0.15) is 5.75 Å². The Bertz CT molecular complexity index is 946. The molecule has 0 aliphatic heterocycles. The maximum Gasteiger partial charge on any atom is 0.387 e. The predicted molar refractivity (Wildman–Crippen MR) is 107 cm³/mol. The normalized spacial score (nSPS) is 11.5. The van der Waals surface area contributed by atoms with Crippen LogP contribution >= 0.6 is 11.3 Å². The lowest BCUT2D eigenvalue weighted by Gasteiger charge is -2.18. The molecule has 0 atom stereocenters. The highest BCUT2D eigenvalue weighted by Crippen LogP contribution is 2.28. The number of hydrogen-bond acceptors (Lipinski definition) is 4. The topological polar surface area (TPSA) is 51.2 Å². The number of thiazole rings is 1. The molecule has 0 spiro atoms. The van der Waals surface area contributed by atoms with Crippen LogP contribution in [0.1, 0.15) is 36.7 Å². The van der Waals surface area contributed by atoms with Crippen LogP contribution in [-0.2, 0) is 5.41 Å². The number of ether oxygens (including phenoxy) is 1. The van der Waals surface area contributed by atoms with Crippen LogP contribution < -0.4 is 10.1 Å². The van der Waals surface area contributed by atoms with Crippen LogP contribution in [0.3, 0.4) is 0 Å². The summed E-state index contributed by atoms with van der Waals surface area (Å²) in [6.45, 7) is 3.57. The first-order chi connectivity index (χ1) is 13.2. The number of alkyl halides is 2. The first-order valence-corrected chi connectivity index (χ1v) is 9.53. The number of aromatic nitrogens is 1. The number of nitrogens with zero attached hydrogens (tertiary/aromatic N) is 1. The molecule has 0 saturated heterocycles. The quantitative estimate of drug-likeness (QED) is 0.573. The van der Waals surface area contributed by atoms with Gasteiger partial charge < -0.3 is 4.74 Å². The summed E-state index contributed by atoms with van der Waals surface area (Å²) < 4.78 is 28.6. The lowest BCUT2D eigenvalue weighted by Crippen LogP contribution is -2.11. The predicted octanol–water partition coefficient (Wildman–Crippen LogP) is 5.96. The number of halogens is 2. The Morgan fingerprint density at radius 2 is 1.71 bits per heavy atom. The third-order valence-corrected chi connectivity index (χ3v) is 4.87. The van der Waals surface area contributed by atoms with Crippen molar-refractivity contribution >= 4 is 22.4 Å². The third-order valence-electron chi connectivity index (χ3n) is 4.11. The van der Waals surface area contributed by atoms with Crippen LogP contribution in [0.4, 0.5) is 13.9 Å². The highest BCUT2D eigenvalue weighted by molar-refractivity contribution is 7.14. The van der Waals surface area contributed by atoms with E-state index in [0.29, 0.717) is 10.7 Å². The van der Waals surface area contributed by atoms with Gasteiger partial charge in [-0.2, -0.15) is 8.78 Å². The largest absolute Gasteiger partial charge is 0.435 e. The Morgan fingerprint density at radius 3 is 2.29 bits per heavy atom. The molecule has 0 radical (unpaired) electrons. The summed E-state index contributed by atoms with van der Waals surface area (Å²) in [5, 5.41) is 5.07. The first kappa shape index (κ1) is 19.9. The maximum absolute atomic E-state index is 12.3. The van der Waals surface area contributed by atoms with Gasteiger partial charge in [-0.05, 0) is 35.2 Å². The van der Waals surface area contributed by atoms with E-state index in [1.54, 1.807) is 0 Å². The van der Waals surface area contributed by atoms with Crippen molar-refractivity contribution in [2.45, 2.75) is 32.8 Å². The lowest BCUT2D eigenvalue weighted by molar-refractivity contribution is -0.0498. The second kappa shape index (κ2) is 8.06. The van der Waals surface area contributed by atoms with Crippen LogP contribution in [0.15, 0.2) is 53.9 Å². The molecule has 146 valence electrons. The Kier molecular flexibility index (Phi) is 5.74. The van der Waals surface area contributed by atoms with Crippen molar-refractivity contribution in [1.29, 1.82) is 0 Å². The molecule has 2 aromatic carbocycles. The van der Waals surface area contributed by atoms with E-state index in [0.717, 1.165) is 11.3 Å². The molecule has 0 unspecified atom stereocenters. The Hall–Kier alpha value is -2.80. The smallest absolute Gasteiger partial charge is 0.387 e. The van der Waals surface area contributed by atoms with Crippen LogP contribution in [0.2, 0.25) is 0 Å². The molecular formula is C21H20F2N2O2S. The summed E-state index contributed by atoms with van der Waals surface area (Å²) in [6, 6.07) is 13.7. The van der Waals surface area contributed by atoms with Crippen LogP contribution in [0.25, 0.3) is 11.3 Å². The van der Waals surface area contributed by atoms with Gasteiger partial charge >= 0.3 is 6.61 Å².